The second kappa shape index (κ2) is 8.88. The number of carbonyl (C=O) groups excluding carboxylic acids is 2. The van der Waals surface area contributed by atoms with Gasteiger partial charge in [0.15, 0.2) is 6.61 Å². The van der Waals surface area contributed by atoms with Crippen LogP contribution in [0.25, 0.3) is 0 Å². The predicted molar refractivity (Wildman–Crippen MR) is 99.1 cm³/mol. The van der Waals surface area contributed by atoms with Crippen molar-refractivity contribution < 1.29 is 14.3 Å². The number of esters is 1. The van der Waals surface area contributed by atoms with E-state index in [1.807, 2.05) is 31.2 Å². The highest BCUT2D eigenvalue weighted by atomic mass is 35.5. The quantitative estimate of drug-likeness (QED) is 0.746. The van der Waals surface area contributed by atoms with Crippen molar-refractivity contribution >= 4 is 35.1 Å². The first-order chi connectivity index (χ1) is 11.9. The minimum atomic E-state index is -0.731. The second-order valence-electron chi connectivity index (χ2n) is 5.56. The monoisotopic (exact) mass is 379 g/mol. The summed E-state index contributed by atoms with van der Waals surface area (Å²) < 4.78 is 5.00. The van der Waals surface area contributed by atoms with Gasteiger partial charge in [0.1, 0.15) is 0 Å². The number of carbonyl (C=O) groups is 2. The van der Waals surface area contributed by atoms with Crippen LogP contribution in [-0.4, -0.2) is 18.5 Å². The van der Waals surface area contributed by atoms with Crippen LogP contribution in [0.5, 0.6) is 0 Å². The summed E-state index contributed by atoms with van der Waals surface area (Å²) in [5, 5.41) is 3.15. The number of benzene rings is 2. The summed E-state index contributed by atoms with van der Waals surface area (Å²) in [6, 6.07) is 12.5. The molecule has 0 radical (unpaired) electrons. The van der Waals surface area contributed by atoms with Gasteiger partial charge in [-0.25, -0.2) is 4.79 Å². The number of amides is 1. The summed E-state index contributed by atoms with van der Waals surface area (Å²) in [6.07, 6.45) is 0.960. The van der Waals surface area contributed by atoms with Crippen LogP contribution in [0.2, 0.25) is 10.0 Å². The van der Waals surface area contributed by atoms with Crippen LogP contribution in [0.1, 0.15) is 41.4 Å². The summed E-state index contributed by atoms with van der Waals surface area (Å²) in [4.78, 5) is 24.0. The van der Waals surface area contributed by atoms with Crippen LogP contribution < -0.4 is 5.32 Å². The lowest BCUT2D eigenvalue weighted by molar-refractivity contribution is -0.124. The van der Waals surface area contributed by atoms with E-state index >= 15 is 0 Å². The van der Waals surface area contributed by atoms with Crippen LogP contribution in [-0.2, 0) is 16.0 Å². The maximum atomic E-state index is 12.0. The topological polar surface area (TPSA) is 55.4 Å². The Hall–Kier alpha value is -2.04. The molecule has 1 atom stereocenters. The van der Waals surface area contributed by atoms with Gasteiger partial charge in [-0.2, -0.15) is 0 Å². The van der Waals surface area contributed by atoms with Crippen molar-refractivity contribution in [1.82, 2.24) is 5.32 Å². The Morgan fingerprint density at radius 1 is 1.08 bits per heavy atom. The SMILES string of the molecule is CCc1ccc([C@H](C)NC(=O)COC(=O)c2c(Cl)cccc2Cl)cc1. The van der Waals surface area contributed by atoms with Crippen molar-refractivity contribution in [2.75, 3.05) is 6.61 Å². The van der Waals surface area contributed by atoms with E-state index in [1.54, 1.807) is 6.07 Å². The molecule has 1 amide bonds. The number of ether oxygens (including phenoxy) is 1. The number of nitrogens with one attached hydrogen (secondary N) is 1. The molecule has 0 bridgehead atoms. The molecular formula is C19H19Cl2NO3. The molecule has 1 N–H and O–H groups in total. The van der Waals surface area contributed by atoms with Gasteiger partial charge in [-0.3, -0.25) is 4.79 Å². The van der Waals surface area contributed by atoms with E-state index in [0.29, 0.717) is 0 Å². The highest BCUT2D eigenvalue weighted by Gasteiger charge is 2.18. The van der Waals surface area contributed by atoms with Gasteiger partial charge in [0.2, 0.25) is 0 Å². The Labute approximate surface area is 157 Å². The molecule has 6 heteroatoms. The molecule has 4 nitrogen and oxygen atoms in total. The second-order valence-corrected chi connectivity index (χ2v) is 6.37. The van der Waals surface area contributed by atoms with Gasteiger partial charge in [-0.15, -0.1) is 0 Å². The average molecular weight is 380 g/mol. The van der Waals surface area contributed by atoms with Gasteiger partial charge in [0.05, 0.1) is 21.7 Å². The van der Waals surface area contributed by atoms with Crippen molar-refractivity contribution in [1.29, 1.82) is 0 Å². The summed E-state index contributed by atoms with van der Waals surface area (Å²) in [6.45, 7) is 3.54. The number of hydrogen-bond acceptors (Lipinski definition) is 3. The zero-order valence-corrected chi connectivity index (χ0v) is 15.5. The Balaban J connectivity index is 1.90. The standard InChI is InChI=1S/C19H19Cl2NO3/c1-3-13-7-9-14(10-8-13)12(2)22-17(23)11-25-19(24)18-15(20)5-4-6-16(18)21/h4-10,12H,3,11H2,1-2H3,(H,22,23)/t12-/m0/s1. The number of rotatable bonds is 6. The molecule has 2 rings (SSSR count). The first-order valence-corrected chi connectivity index (χ1v) is 8.67. The van der Waals surface area contributed by atoms with Gasteiger partial charge in [-0.05, 0) is 36.6 Å². The van der Waals surface area contributed by atoms with Crippen molar-refractivity contribution in [3.8, 4) is 0 Å². The van der Waals surface area contributed by atoms with E-state index < -0.39 is 18.5 Å². The summed E-state index contributed by atoms with van der Waals surface area (Å²) in [5.41, 5.74) is 2.26. The predicted octanol–water partition coefficient (Wildman–Crippen LogP) is 4.59. The number of halogens is 2. The third kappa shape index (κ3) is 5.21. The van der Waals surface area contributed by atoms with Gasteiger partial charge >= 0.3 is 5.97 Å². The molecule has 0 aliphatic carbocycles. The lowest BCUT2D eigenvalue weighted by Crippen LogP contribution is -2.31. The highest BCUT2D eigenvalue weighted by Crippen LogP contribution is 2.24. The van der Waals surface area contributed by atoms with E-state index in [4.69, 9.17) is 27.9 Å². The molecule has 25 heavy (non-hydrogen) atoms. The molecule has 0 spiro atoms. The van der Waals surface area contributed by atoms with Crippen LogP contribution in [0.4, 0.5) is 0 Å². The molecule has 132 valence electrons. The Morgan fingerprint density at radius 2 is 1.68 bits per heavy atom. The molecule has 0 aliphatic rings. The molecule has 0 saturated heterocycles. The molecule has 2 aromatic rings. The fourth-order valence-electron chi connectivity index (χ4n) is 2.30. The van der Waals surface area contributed by atoms with Crippen LogP contribution in [0.15, 0.2) is 42.5 Å². The molecule has 0 aliphatic heterocycles. The Kier molecular flexibility index (Phi) is 6.85. The Morgan fingerprint density at radius 3 is 2.24 bits per heavy atom. The van der Waals surface area contributed by atoms with Crippen LogP contribution in [0.3, 0.4) is 0 Å². The summed E-state index contributed by atoms with van der Waals surface area (Å²) >= 11 is 11.9. The summed E-state index contributed by atoms with van der Waals surface area (Å²) in [5.74, 6) is -1.13. The van der Waals surface area contributed by atoms with Crippen LogP contribution >= 0.6 is 23.2 Å². The zero-order valence-electron chi connectivity index (χ0n) is 14.0. The fraction of sp³-hybridized carbons (Fsp3) is 0.263. The van der Waals surface area contributed by atoms with Gasteiger partial charge < -0.3 is 10.1 Å². The maximum Gasteiger partial charge on any atom is 0.341 e. The fourth-order valence-corrected chi connectivity index (χ4v) is 2.86. The van der Waals surface area contributed by atoms with Gasteiger partial charge in [0.25, 0.3) is 5.91 Å². The first kappa shape index (κ1) is 19.3. The minimum absolute atomic E-state index is 0.0573. The van der Waals surface area contributed by atoms with E-state index in [2.05, 4.69) is 12.2 Å². The van der Waals surface area contributed by atoms with E-state index in [1.165, 1.54) is 17.7 Å². The molecule has 0 unspecified atom stereocenters. The number of aryl methyl sites for hydroxylation is 1. The van der Waals surface area contributed by atoms with E-state index in [9.17, 15) is 9.59 Å². The number of hydrogen-bond donors (Lipinski definition) is 1. The molecule has 0 heterocycles. The van der Waals surface area contributed by atoms with Crippen LogP contribution in [0, 0.1) is 0 Å². The third-order valence-corrected chi connectivity index (χ3v) is 4.40. The molecule has 0 saturated carbocycles. The van der Waals surface area contributed by atoms with E-state index in [-0.39, 0.29) is 21.7 Å². The smallest absolute Gasteiger partial charge is 0.341 e. The minimum Gasteiger partial charge on any atom is -0.452 e. The van der Waals surface area contributed by atoms with Gasteiger partial charge in [0, 0.05) is 0 Å². The van der Waals surface area contributed by atoms with E-state index in [0.717, 1.165) is 12.0 Å². The normalized spacial score (nSPS) is 11.7. The average Bonchev–Trinajstić information content (AvgIpc) is 2.60. The largest absolute Gasteiger partial charge is 0.452 e. The molecule has 0 fully saturated rings. The van der Waals surface area contributed by atoms with Crippen molar-refractivity contribution in [3.05, 3.63) is 69.2 Å². The first-order valence-electron chi connectivity index (χ1n) is 7.91. The molecule has 0 aromatic heterocycles. The molecule has 2 aromatic carbocycles. The molecular weight excluding hydrogens is 361 g/mol. The Bertz CT molecular complexity index is 740. The third-order valence-electron chi connectivity index (χ3n) is 3.77. The van der Waals surface area contributed by atoms with Crippen molar-refractivity contribution in [3.63, 3.8) is 0 Å². The maximum absolute atomic E-state index is 12.0. The van der Waals surface area contributed by atoms with Crippen molar-refractivity contribution in [2.45, 2.75) is 26.3 Å². The summed E-state index contributed by atoms with van der Waals surface area (Å²) in [7, 11) is 0. The van der Waals surface area contributed by atoms with Gasteiger partial charge in [-0.1, -0.05) is 60.5 Å². The highest BCUT2D eigenvalue weighted by molar-refractivity contribution is 6.39. The zero-order chi connectivity index (χ0) is 18.4. The van der Waals surface area contributed by atoms with Crippen molar-refractivity contribution in [2.24, 2.45) is 0 Å². The lowest BCUT2D eigenvalue weighted by atomic mass is 10.1. The lowest BCUT2D eigenvalue weighted by Gasteiger charge is -2.15.